The van der Waals surface area contributed by atoms with Crippen molar-refractivity contribution in [3.8, 4) is 5.75 Å². The van der Waals surface area contributed by atoms with Crippen LogP contribution < -0.4 is 10.1 Å². The molecule has 1 heterocycles. The van der Waals surface area contributed by atoms with Gasteiger partial charge in [0.05, 0.1) is 17.6 Å². The molecule has 3 aromatic carbocycles. The number of rotatable bonds is 11. The zero-order valence-electron chi connectivity index (χ0n) is 21.0. The molecule has 0 aliphatic heterocycles. The van der Waals surface area contributed by atoms with Crippen molar-refractivity contribution in [2.75, 3.05) is 13.2 Å². The number of para-hydroxylation sites is 3. The van der Waals surface area contributed by atoms with E-state index in [9.17, 15) is 4.79 Å². The van der Waals surface area contributed by atoms with Crippen LogP contribution in [-0.2, 0) is 13.0 Å². The third-order valence-electron chi connectivity index (χ3n) is 6.31. The number of benzene rings is 3. The molecule has 35 heavy (non-hydrogen) atoms. The highest BCUT2D eigenvalue weighted by Crippen LogP contribution is 2.23. The molecular weight excluding hydrogens is 434 g/mol. The van der Waals surface area contributed by atoms with E-state index in [1.54, 1.807) is 0 Å². The lowest BCUT2D eigenvalue weighted by Gasteiger charge is -2.13. The van der Waals surface area contributed by atoms with E-state index < -0.39 is 0 Å². The largest absolute Gasteiger partial charge is 0.493 e. The number of nitrogens with zero attached hydrogens (tertiary/aromatic N) is 2. The molecule has 0 saturated heterocycles. The first-order valence-corrected chi connectivity index (χ1v) is 12.5. The highest BCUT2D eigenvalue weighted by atomic mass is 16.5. The number of ether oxygens (including phenoxy) is 1. The molecule has 1 amide bonds. The van der Waals surface area contributed by atoms with Gasteiger partial charge in [0.2, 0.25) is 0 Å². The van der Waals surface area contributed by atoms with Gasteiger partial charge in [-0.25, -0.2) is 4.98 Å². The Hall–Kier alpha value is -3.60. The van der Waals surface area contributed by atoms with Crippen molar-refractivity contribution < 1.29 is 9.53 Å². The Bertz CT molecular complexity index is 1270. The first-order chi connectivity index (χ1) is 17.0. The van der Waals surface area contributed by atoms with Gasteiger partial charge < -0.3 is 14.6 Å². The summed E-state index contributed by atoms with van der Waals surface area (Å²) >= 11 is 0. The first-order valence-electron chi connectivity index (χ1n) is 12.5. The van der Waals surface area contributed by atoms with Crippen molar-refractivity contribution in [3.63, 3.8) is 0 Å². The van der Waals surface area contributed by atoms with Crippen LogP contribution in [0, 0.1) is 20.8 Å². The smallest absolute Gasteiger partial charge is 0.251 e. The van der Waals surface area contributed by atoms with E-state index in [0.717, 1.165) is 54.9 Å². The topological polar surface area (TPSA) is 56.2 Å². The number of imidazole rings is 1. The molecular formula is C30H35N3O2. The van der Waals surface area contributed by atoms with Gasteiger partial charge in [0.25, 0.3) is 5.91 Å². The average Bonchev–Trinajstić information content (AvgIpc) is 3.20. The molecule has 0 fully saturated rings. The van der Waals surface area contributed by atoms with E-state index in [4.69, 9.17) is 9.72 Å². The van der Waals surface area contributed by atoms with E-state index in [1.165, 1.54) is 16.6 Å². The minimum atomic E-state index is -0.0221. The summed E-state index contributed by atoms with van der Waals surface area (Å²) in [5.41, 5.74) is 6.36. The van der Waals surface area contributed by atoms with Crippen molar-refractivity contribution in [2.24, 2.45) is 0 Å². The minimum absolute atomic E-state index is 0.0221. The Balaban J connectivity index is 1.30. The fourth-order valence-electron chi connectivity index (χ4n) is 4.48. The van der Waals surface area contributed by atoms with Crippen molar-refractivity contribution in [1.82, 2.24) is 14.9 Å². The Morgan fingerprint density at radius 1 is 0.914 bits per heavy atom. The van der Waals surface area contributed by atoms with Gasteiger partial charge in [0.1, 0.15) is 11.6 Å². The highest BCUT2D eigenvalue weighted by molar-refractivity contribution is 5.94. The fourth-order valence-corrected chi connectivity index (χ4v) is 4.48. The first kappa shape index (κ1) is 24.5. The Morgan fingerprint density at radius 3 is 2.49 bits per heavy atom. The molecule has 1 N–H and O–H groups in total. The van der Waals surface area contributed by atoms with Crippen LogP contribution in [0.1, 0.15) is 52.1 Å². The van der Waals surface area contributed by atoms with Crippen LogP contribution in [0.15, 0.2) is 66.7 Å². The van der Waals surface area contributed by atoms with E-state index in [0.29, 0.717) is 18.7 Å². The standard InChI is InChI=1S/C30H35N3O2/c1-22-11-8-14-25(21-22)30(34)31-18-10-17-28-32-26-15-4-5-16-27(26)33(28)19-6-7-20-35-29-23(2)12-9-13-24(29)3/h4-5,8-9,11-16,21H,6-7,10,17-20H2,1-3H3,(H,31,34). The van der Waals surface area contributed by atoms with Crippen molar-refractivity contribution in [3.05, 3.63) is 94.8 Å². The summed E-state index contributed by atoms with van der Waals surface area (Å²) in [6, 6.07) is 22.2. The van der Waals surface area contributed by atoms with Gasteiger partial charge in [0.15, 0.2) is 0 Å². The quantitative estimate of drug-likeness (QED) is 0.267. The summed E-state index contributed by atoms with van der Waals surface area (Å²) < 4.78 is 8.42. The molecule has 0 aliphatic carbocycles. The molecule has 0 unspecified atom stereocenters. The van der Waals surface area contributed by atoms with Gasteiger partial charge in [-0.05, 0) is 75.4 Å². The number of aromatic nitrogens is 2. The van der Waals surface area contributed by atoms with Crippen LogP contribution in [0.3, 0.4) is 0 Å². The second-order valence-electron chi connectivity index (χ2n) is 9.17. The second-order valence-corrected chi connectivity index (χ2v) is 9.17. The van der Waals surface area contributed by atoms with Crippen molar-refractivity contribution >= 4 is 16.9 Å². The maximum absolute atomic E-state index is 12.4. The maximum atomic E-state index is 12.4. The minimum Gasteiger partial charge on any atom is -0.493 e. The number of fused-ring (bicyclic) bond motifs is 1. The predicted molar refractivity (Wildman–Crippen MR) is 142 cm³/mol. The summed E-state index contributed by atoms with van der Waals surface area (Å²) in [5.74, 6) is 2.06. The Labute approximate surface area is 208 Å². The summed E-state index contributed by atoms with van der Waals surface area (Å²) in [4.78, 5) is 17.3. The van der Waals surface area contributed by atoms with Crippen molar-refractivity contribution in [2.45, 2.75) is 53.0 Å². The summed E-state index contributed by atoms with van der Waals surface area (Å²) in [5, 5.41) is 3.04. The molecule has 1 aromatic heterocycles. The molecule has 4 aromatic rings. The van der Waals surface area contributed by atoms with Crippen LogP contribution in [0.2, 0.25) is 0 Å². The van der Waals surface area contributed by atoms with Gasteiger partial charge in [-0.2, -0.15) is 0 Å². The number of hydrogen-bond acceptors (Lipinski definition) is 3. The van der Waals surface area contributed by atoms with Gasteiger partial charge in [-0.1, -0.05) is 48.0 Å². The molecule has 5 nitrogen and oxygen atoms in total. The average molecular weight is 470 g/mol. The highest BCUT2D eigenvalue weighted by Gasteiger charge is 2.11. The lowest BCUT2D eigenvalue weighted by molar-refractivity contribution is 0.0953. The second kappa shape index (κ2) is 11.7. The number of unbranched alkanes of at least 4 members (excludes halogenated alkanes) is 1. The molecule has 0 aliphatic rings. The van der Waals surface area contributed by atoms with Gasteiger partial charge in [-0.3, -0.25) is 4.79 Å². The SMILES string of the molecule is Cc1cccc(C(=O)NCCCc2nc3ccccc3n2CCCCOc2c(C)cccc2C)c1. The molecule has 0 spiro atoms. The molecule has 0 atom stereocenters. The zero-order chi connectivity index (χ0) is 24.6. The van der Waals surface area contributed by atoms with Crippen LogP contribution in [0.25, 0.3) is 11.0 Å². The number of carbonyl (C=O) groups excluding carboxylic acids is 1. The Morgan fingerprint density at radius 2 is 1.69 bits per heavy atom. The van der Waals surface area contributed by atoms with E-state index in [-0.39, 0.29) is 5.91 Å². The number of aryl methyl sites for hydroxylation is 5. The summed E-state index contributed by atoms with van der Waals surface area (Å²) in [6.07, 6.45) is 3.66. The van der Waals surface area contributed by atoms with Crippen molar-refractivity contribution in [1.29, 1.82) is 0 Å². The van der Waals surface area contributed by atoms with Gasteiger partial charge in [0, 0.05) is 25.1 Å². The van der Waals surface area contributed by atoms with Crippen LogP contribution in [0.4, 0.5) is 0 Å². The summed E-state index contributed by atoms with van der Waals surface area (Å²) in [6.45, 7) is 8.42. The lowest BCUT2D eigenvalue weighted by atomic mass is 10.1. The third kappa shape index (κ3) is 6.30. The number of nitrogens with one attached hydrogen (secondary N) is 1. The van der Waals surface area contributed by atoms with Gasteiger partial charge in [-0.15, -0.1) is 0 Å². The lowest BCUT2D eigenvalue weighted by Crippen LogP contribution is -2.25. The van der Waals surface area contributed by atoms with E-state index >= 15 is 0 Å². The van der Waals surface area contributed by atoms with E-state index in [1.807, 2.05) is 37.3 Å². The monoisotopic (exact) mass is 469 g/mol. The molecule has 182 valence electrons. The maximum Gasteiger partial charge on any atom is 0.251 e. The van der Waals surface area contributed by atoms with Gasteiger partial charge >= 0.3 is 0 Å². The molecule has 4 rings (SSSR count). The molecule has 5 heteroatoms. The predicted octanol–water partition coefficient (Wildman–Crippen LogP) is 6.18. The zero-order valence-corrected chi connectivity index (χ0v) is 21.0. The third-order valence-corrected chi connectivity index (χ3v) is 6.31. The van der Waals surface area contributed by atoms with Crippen LogP contribution >= 0.6 is 0 Å². The van der Waals surface area contributed by atoms with Crippen LogP contribution in [-0.4, -0.2) is 28.6 Å². The fraction of sp³-hybridized carbons (Fsp3) is 0.333. The van der Waals surface area contributed by atoms with Crippen LogP contribution in [0.5, 0.6) is 5.75 Å². The van der Waals surface area contributed by atoms with E-state index in [2.05, 4.69) is 60.1 Å². The molecule has 0 saturated carbocycles. The number of amides is 1. The number of carbonyl (C=O) groups is 1. The number of hydrogen-bond donors (Lipinski definition) is 1. The normalized spacial score (nSPS) is 11.1. The molecule has 0 radical (unpaired) electrons. The summed E-state index contributed by atoms with van der Waals surface area (Å²) in [7, 11) is 0. The molecule has 0 bridgehead atoms. The Kier molecular flexibility index (Phi) is 8.19.